The molecule has 0 radical (unpaired) electrons. The average Bonchev–Trinajstić information content (AvgIpc) is 3.12. The molecule has 1 saturated carbocycles. The van der Waals surface area contributed by atoms with Crippen LogP contribution in [-0.2, 0) is 14.3 Å². The van der Waals surface area contributed by atoms with Crippen molar-refractivity contribution in [1.82, 2.24) is 10.2 Å². The molecule has 2 aliphatic rings. The van der Waals surface area contributed by atoms with E-state index in [1.165, 1.54) is 7.11 Å². The van der Waals surface area contributed by atoms with Gasteiger partial charge in [-0.15, -0.1) is 0 Å². The second kappa shape index (κ2) is 5.67. The number of rotatable bonds is 6. The SMILES string of the molecule is COCC(CO)NC(=O)C1CC(=O)N(C2CC2)C1. The van der Waals surface area contributed by atoms with E-state index >= 15 is 0 Å². The molecule has 0 aromatic heterocycles. The molecule has 1 aliphatic carbocycles. The third-order valence-corrected chi connectivity index (χ3v) is 3.45. The molecule has 0 aromatic rings. The van der Waals surface area contributed by atoms with Gasteiger partial charge in [-0.2, -0.15) is 0 Å². The molecule has 1 heterocycles. The topological polar surface area (TPSA) is 78.9 Å². The fourth-order valence-corrected chi connectivity index (χ4v) is 2.31. The van der Waals surface area contributed by atoms with Crippen LogP contribution in [0.1, 0.15) is 19.3 Å². The van der Waals surface area contributed by atoms with Gasteiger partial charge >= 0.3 is 0 Å². The van der Waals surface area contributed by atoms with Gasteiger partial charge in [-0.05, 0) is 12.8 Å². The lowest BCUT2D eigenvalue weighted by atomic mass is 10.1. The number of hydrogen-bond acceptors (Lipinski definition) is 4. The maximum Gasteiger partial charge on any atom is 0.225 e. The van der Waals surface area contributed by atoms with Crippen LogP contribution in [0, 0.1) is 5.92 Å². The minimum atomic E-state index is -0.396. The van der Waals surface area contributed by atoms with Gasteiger partial charge < -0.3 is 20.1 Å². The van der Waals surface area contributed by atoms with Gasteiger partial charge in [0.1, 0.15) is 0 Å². The van der Waals surface area contributed by atoms with Gasteiger partial charge in [-0.25, -0.2) is 0 Å². The van der Waals surface area contributed by atoms with E-state index in [1.54, 1.807) is 0 Å². The predicted molar refractivity (Wildman–Crippen MR) is 63.7 cm³/mol. The molecule has 2 atom stereocenters. The second-order valence-electron chi connectivity index (χ2n) is 5.02. The number of methoxy groups -OCH3 is 1. The van der Waals surface area contributed by atoms with Crippen molar-refractivity contribution in [3.63, 3.8) is 0 Å². The molecule has 1 aliphatic heterocycles. The van der Waals surface area contributed by atoms with Crippen LogP contribution in [0.4, 0.5) is 0 Å². The van der Waals surface area contributed by atoms with E-state index in [-0.39, 0.29) is 37.4 Å². The monoisotopic (exact) mass is 256 g/mol. The molecule has 2 amide bonds. The molecule has 2 N–H and O–H groups in total. The Balaban J connectivity index is 1.84. The van der Waals surface area contributed by atoms with E-state index in [4.69, 9.17) is 9.84 Å². The molecular formula is C12H20N2O4. The number of nitrogens with one attached hydrogen (secondary N) is 1. The number of aliphatic hydroxyl groups excluding tert-OH is 1. The van der Waals surface area contributed by atoms with Crippen LogP contribution < -0.4 is 5.32 Å². The molecular weight excluding hydrogens is 236 g/mol. The zero-order valence-electron chi connectivity index (χ0n) is 10.6. The van der Waals surface area contributed by atoms with Gasteiger partial charge in [0.2, 0.25) is 11.8 Å². The Hall–Kier alpha value is -1.14. The summed E-state index contributed by atoms with van der Waals surface area (Å²) in [6.45, 7) is 0.627. The summed E-state index contributed by atoms with van der Waals surface area (Å²) >= 11 is 0. The molecule has 102 valence electrons. The number of nitrogens with zero attached hydrogens (tertiary/aromatic N) is 1. The van der Waals surface area contributed by atoms with Gasteiger partial charge in [0.05, 0.1) is 25.2 Å². The van der Waals surface area contributed by atoms with Gasteiger partial charge in [-0.3, -0.25) is 9.59 Å². The third-order valence-electron chi connectivity index (χ3n) is 3.45. The predicted octanol–water partition coefficient (Wildman–Crippen LogP) is -0.879. The number of amides is 2. The van der Waals surface area contributed by atoms with Crippen LogP contribution in [0.15, 0.2) is 0 Å². The fourth-order valence-electron chi connectivity index (χ4n) is 2.31. The molecule has 0 spiro atoms. The minimum absolute atomic E-state index is 0.0740. The minimum Gasteiger partial charge on any atom is -0.394 e. The first kappa shape index (κ1) is 13.3. The van der Waals surface area contributed by atoms with E-state index in [0.717, 1.165) is 12.8 Å². The molecule has 0 bridgehead atoms. The molecule has 1 saturated heterocycles. The Bertz CT molecular complexity index is 330. The number of likely N-dealkylation sites (tertiary alicyclic amines) is 1. The van der Waals surface area contributed by atoms with Crippen molar-refractivity contribution >= 4 is 11.8 Å². The molecule has 2 rings (SSSR count). The molecule has 2 unspecified atom stereocenters. The van der Waals surface area contributed by atoms with Crippen molar-refractivity contribution in [2.75, 3.05) is 26.9 Å². The molecule has 6 heteroatoms. The molecule has 0 aromatic carbocycles. The zero-order chi connectivity index (χ0) is 13.1. The maximum atomic E-state index is 12.0. The molecule has 18 heavy (non-hydrogen) atoms. The van der Waals surface area contributed by atoms with Crippen molar-refractivity contribution < 1.29 is 19.4 Å². The van der Waals surface area contributed by atoms with Crippen LogP contribution in [0.2, 0.25) is 0 Å². The first-order valence-electron chi connectivity index (χ1n) is 6.35. The Kier molecular flexibility index (Phi) is 4.19. The fraction of sp³-hybridized carbons (Fsp3) is 0.833. The molecule has 2 fully saturated rings. The van der Waals surface area contributed by atoms with E-state index in [0.29, 0.717) is 12.6 Å². The van der Waals surface area contributed by atoms with Crippen molar-refractivity contribution in [2.45, 2.75) is 31.3 Å². The summed E-state index contributed by atoms with van der Waals surface area (Å²) in [7, 11) is 1.52. The largest absolute Gasteiger partial charge is 0.394 e. The normalized spacial score (nSPS) is 25.3. The quantitative estimate of drug-likeness (QED) is 0.647. The third kappa shape index (κ3) is 3.00. The van der Waals surface area contributed by atoms with Crippen LogP contribution in [0.25, 0.3) is 0 Å². The first-order chi connectivity index (χ1) is 8.65. The van der Waals surface area contributed by atoms with Gasteiger partial charge in [0, 0.05) is 26.1 Å². The standard InChI is InChI=1S/C12H20N2O4/c1-18-7-9(6-15)13-12(17)8-4-11(16)14(5-8)10-2-3-10/h8-10,15H,2-7H2,1H3,(H,13,17). The van der Waals surface area contributed by atoms with Crippen LogP contribution in [0.5, 0.6) is 0 Å². The highest BCUT2D eigenvalue weighted by molar-refractivity contribution is 5.89. The van der Waals surface area contributed by atoms with Gasteiger partial charge in [-0.1, -0.05) is 0 Å². The van der Waals surface area contributed by atoms with Crippen molar-refractivity contribution in [3.05, 3.63) is 0 Å². The summed E-state index contributed by atoms with van der Waals surface area (Å²) in [5.41, 5.74) is 0. The maximum absolute atomic E-state index is 12.0. The summed E-state index contributed by atoms with van der Waals surface area (Å²) < 4.78 is 4.90. The summed E-state index contributed by atoms with van der Waals surface area (Å²) in [5.74, 6) is -0.378. The second-order valence-corrected chi connectivity index (χ2v) is 5.02. The van der Waals surface area contributed by atoms with Crippen LogP contribution >= 0.6 is 0 Å². The van der Waals surface area contributed by atoms with Crippen LogP contribution in [-0.4, -0.2) is 60.8 Å². The Morgan fingerprint density at radius 2 is 2.33 bits per heavy atom. The summed E-state index contributed by atoms with van der Waals surface area (Å²) in [6, 6.07) is -0.0320. The van der Waals surface area contributed by atoms with Crippen molar-refractivity contribution in [1.29, 1.82) is 0 Å². The highest BCUT2D eigenvalue weighted by Gasteiger charge is 2.41. The highest BCUT2D eigenvalue weighted by atomic mass is 16.5. The molecule has 6 nitrogen and oxygen atoms in total. The van der Waals surface area contributed by atoms with Gasteiger partial charge in [0.25, 0.3) is 0 Å². The zero-order valence-corrected chi connectivity index (χ0v) is 10.6. The Labute approximate surface area is 106 Å². The first-order valence-corrected chi connectivity index (χ1v) is 6.35. The smallest absolute Gasteiger partial charge is 0.225 e. The number of aliphatic hydroxyl groups is 1. The Morgan fingerprint density at radius 3 is 2.89 bits per heavy atom. The van der Waals surface area contributed by atoms with Crippen molar-refractivity contribution in [2.24, 2.45) is 5.92 Å². The van der Waals surface area contributed by atoms with E-state index in [2.05, 4.69) is 5.32 Å². The van der Waals surface area contributed by atoms with Gasteiger partial charge in [0.15, 0.2) is 0 Å². The number of hydrogen-bond donors (Lipinski definition) is 2. The van der Waals surface area contributed by atoms with E-state index < -0.39 is 6.04 Å². The number of carbonyl (C=O) groups excluding carboxylic acids is 2. The lowest BCUT2D eigenvalue weighted by Gasteiger charge is -2.18. The summed E-state index contributed by atoms with van der Waals surface area (Å²) in [5, 5.41) is 11.8. The highest BCUT2D eigenvalue weighted by Crippen LogP contribution is 2.32. The van der Waals surface area contributed by atoms with E-state index in [1.807, 2.05) is 4.90 Å². The average molecular weight is 256 g/mol. The summed E-state index contributed by atoms with van der Waals surface area (Å²) in [4.78, 5) is 25.5. The van der Waals surface area contributed by atoms with E-state index in [9.17, 15) is 9.59 Å². The number of ether oxygens (including phenoxy) is 1. The lowest BCUT2D eigenvalue weighted by Crippen LogP contribution is -2.44. The van der Waals surface area contributed by atoms with Crippen molar-refractivity contribution in [3.8, 4) is 0 Å². The summed E-state index contributed by atoms with van der Waals surface area (Å²) in [6.07, 6.45) is 2.40. The lowest BCUT2D eigenvalue weighted by molar-refractivity contribution is -0.129. The Morgan fingerprint density at radius 1 is 1.61 bits per heavy atom. The number of carbonyl (C=O) groups is 2. The van der Waals surface area contributed by atoms with Crippen LogP contribution in [0.3, 0.4) is 0 Å².